The van der Waals surface area contributed by atoms with Crippen LogP contribution in [0.15, 0.2) is 48.7 Å². The fourth-order valence-electron chi connectivity index (χ4n) is 2.50. The quantitative estimate of drug-likeness (QED) is 0.549. The van der Waals surface area contributed by atoms with Crippen molar-refractivity contribution in [1.29, 1.82) is 0 Å². The summed E-state index contributed by atoms with van der Waals surface area (Å²) in [4.78, 5) is 33.0. The van der Waals surface area contributed by atoms with Crippen LogP contribution in [0.1, 0.15) is 20.9 Å². The highest BCUT2D eigenvalue weighted by Crippen LogP contribution is 2.27. The van der Waals surface area contributed by atoms with Gasteiger partial charge >= 0.3 is 12.3 Å². The number of rotatable bonds is 7. The molecule has 0 aliphatic heterocycles. The van der Waals surface area contributed by atoms with Crippen LogP contribution in [0.2, 0.25) is 0 Å². The Morgan fingerprint density at radius 1 is 1.13 bits per heavy atom. The van der Waals surface area contributed by atoms with Crippen LogP contribution < -0.4 is 10.1 Å². The van der Waals surface area contributed by atoms with Crippen LogP contribution in [0.25, 0.3) is 10.7 Å². The van der Waals surface area contributed by atoms with Gasteiger partial charge in [0, 0.05) is 18.3 Å². The largest absolute Gasteiger partial charge is 0.573 e. The third kappa shape index (κ3) is 6.25. The fraction of sp³-hybridized carbons (Fsp3) is 0.200. The van der Waals surface area contributed by atoms with Crippen molar-refractivity contribution in [3.05, 3.63) is 64.8 Å². The number of nitrogens with one attached hydrogen (secondary N) is 1. The molecule has 0 saturated heterocycles. The second kappa shape index (κ2) is 9.56. The predicted molar refractivity (Wildman–Crippen MR) is 105 cm³/mol. The number of carbonyl (C=O) groups excluding carboxylic acids is 2. The lowest BCUT2D eigenvalue weighted by molar-refractivity contribution is -0.274. The number of carbonyl (C=O) groups is 2. The molecule has 7 nitrogen and oxygen atoms in total. The third-order valence-electron chi connectivity index (χ3n) is 3.87. The number of aryl methyl sites for hydroxylation is 1. The van der Waals surface area contributed by atoms with E-state index in [0.29, 0.717) is 16.4 Å². The van der Waals surface area contributed by atoms with Crippen LogP contribution in [0.4, 0.5) is 13.2 Å². The molecule has 1 amide bonds. The molecule has 1 aromatic carbocycles. The van der Waals surface area contributed by atoms with Gasteiger partial charge in [0.1, 0.15) is 15.6 Å². The van der Waals surface area contributed by atoms with Gasteiger partial charge in [0.25, 0.3) is 5.91 Å². The van der Waals surface area contributed by atoms with E-state index in [4.69, 9.17) is 4.74 Å². The maximum Gasteiger partial charge on any atom is 0.573 e. The number of alkyl halides is 3. The second-order valence-electron chi connectivity index (χ2n) is 6.16. The summed E-state index contributed by atoms with van der Waals surface area (Å²) in [5.74, 6) is -1.83. The monoisotopic (exact) mass is 451 g/mol. The number of hydrogen-bond acceptors (Lipinski definition) is 7. The van der Waals surface area contributed by atoms with Gasteiger partial charge in [-0.25, -0.2) is 9.78 Å². The highest BCUT2D eigenvalue weighted by atomic mass is 32.1. The first-order valence-electron chi connectivity index (χ1n) is 8.89. The van der Waals surface area contributed by atoms with E-state index < -0.39 is 30.6 Å². The van der Waals surface area contributed by atoms with Gasteiger partial charge in [-0.15, -0.1) is 24.5 Å². The Hall–Kier alpha value is -3.47. The Kier molecular flexibility index (Phi) is 6.85. The van der Waals surface area contributed by atoms with Gasteiger partial charge in [-0.05, 0) is 25.1 Å². The first kappa shape index (κ1) is 22.2. The summed E-state index contributed by atoms with van der Waals surface area (Å²) in [5.41, 5.74) is 1.17. The van der Waals surface area contributed by atoms with Crippen molar-refractivity contribution in [2.24, 2.45) is 0 Å². The van der Waals surface area contributed by atoms with E-state index in [1.165, 1.54) is 18.2 Å². The number of aromatic nitrogens is 2. The molecule has 1 N–H and O–H groups in total. The van der Waals surface area contributed by atoms with Crippen molar-refractivity contribution in [2.75, 3.05) is 6.61 Å². The Balaban J connectivity index is 1.55. The Morgan fingerprint density at radius 2 is 1.87 bits per heavy atom. The summed E-state index contributed by atoms with van der Waals surface area (Å²) in [6, 6.07) is 10.7. The lowest BCUT2D eigenvalue weighted by atomic mass is 10.2. The van der Waals surface area contributed by atoms with Crippen LogP contribution in [0.3, 0.4) is 0 Å². The summed E-state index contributed by atoms with van der Waals surface area (Å²) in [7, 11) is 0. The topological polar surface area (TPSA) is 90.4 Å². The van der Waals surface area contributed by atoms with E-state index in [1.807, 2.05) is 0 Å². The number of benzene rings is 1. The number of esters is 1. The standard InChI is InChI=1S/C20H16F3N3O4S/c1-12-17(31-18(26-12)14-7-4-5-9-24-14)19(28)29-11-16(27)25-10-13-6-2-3-8-15(13)30-20(21,22)23/h2-9H,10-11H2,1H3,(H,25,27). The van der Waals surface area contributed by atoms with E-state index in [9.17, 15) is 22.8 Å². The number of ether oxygens (including phenoxy) is 2. The average molecular weight is 451 g/mol. The highest BCUT2D eigenvalue weighted by molar-refractivity contribution is 7.17. The number of pyridine rings is 1. The molecule has 162 valence electrons. The zero-order valence-corrected chi connectivity index (χ0v) is 16.9. The van der Waals surface area contributed by atoms with Crippen molar-refractivity contribution in [2.45, 2.75) is 19.8 Å². The first-order valence-corrected chi connectivity index (χ1v) is 9.71. The molecule has 0 spiro atoms. The zero-order valence-electron chi connectivity index (χ0n) is 16.1. The Labute approximate surface area is 178 Å². The van der Waals surface area contributed by atoms with Gasteiger partial charge in [0.15, 0.2) is 6.61 Å². The number of hydrogen-bond donors (Lipinski definition) is 1. The van der Waals surface area contributed by atoms with Gasteiger partial charge in [-0.2, -0.15) is 0 Å². The van der Waals surface area contributed by atoms with Gasteiger partial charge in [0.2, 0.25) is 0 Å². The summed E-state index contributed by atoms with van der Waals surface area (Å²) in [6.45, 7) is 0.806. The van der Waals surface area contributed by atoms with Crippen molar-refractivity contribution >= 4 is 23.2 Å². The molecule has 11 heteroatoms. The van der Waals surface area contributed by atoms with Crippen LogP contribution in [-0.2, 0) is 16.1 Å². The van der Waals surface area contributed by atoms with E-state index in [0.717, 1.165) is 17.4 Å². The van der Waals surface area contributed by atoms with Crippen molar-refractivity contribution in [3.8, 4) is 16.5 Å². The molecule has 0 saturated carbocycles. The minimum atomic E-state index is -4.85. The van der Waals surface area contributed by atoms with E-state index in [-0.39, 0.29) is 17.0 Å². The van der Waals surface area contributed by atoms with Crippen molar-refractivity contribution in [3.63, 3.8) is 0 Å². The number of halogens is 3. The molecule has 0 atom stereocenters. The Bertz CT molecular complexity index is 1070. The van der Waals surface area contributed by atoms with Crippen LogP contribution in [0.5, 0.6) is 5.75 Å². The lowest BCUT2D eigenvalue weighted by Gasteiger charge is -2.13. The van der Waals surface area contributed by atoms with Gasteiger partial charge in [-0.1, -0.05) is 24.3 Å². The minimum Gasteiger partial charge on any atom is -0.451 e. The Morgan fingerprint density at radius 3 is 2.58 bits per heavy atom. The molecule has 0 fully saturated rings. The van der Waals surface area contributed by atoms with E-state index >= 15 is 0 Å². The molecule has 0 unspecified atom stereocenters. The summed E-state index contributed by atoms with van der Waals surface area (Å²) in [5, 5.41) is 2.93. The van der Waals surface area contributed by atoms with Crippen molar-refractivity contribution in [1.82, 2.24) is 15.3 Å². The van der Waals surface area contributed by atoms with Gasteiger partial charge in [0.05, 0.1) is 11.4 Å². The third-order valence-corrected chi connectivity index (χ3v) is 5.03. The molecule has 0 bridgehead atoms. The molecule has 0 aliphatic rings. The molecule has 31 heavy (non-hydrogen) atoms. The normalized spacial score (nSPS) is 11.1. The number of thiazole rings is 1. The number of nitrogens with zero attached hydrogens (tertiary/aromatic N) is 2. The number of amides is 1. The van der Waals surface area contributed by atoms with Gasteiger partial charge in [-0.3, -0.25) is 9.78 Å². The van der Waals surface area contributed by atoms with E-state index in [1.54, 1.807) is 31.3 Å². The molecule has 0 radical (unpaired) electrons. The highest BCUT2D eigenvalue weighted by Gasteiger charge is 2.32. The second-order valence-corrected chi connectivity index (χ2v) is 7.16. The maximum atomic E-state index is 12.5. The molecule has 2 heterocycles. The fourth-order valence-corrected chi connectivity index (χ4v) is 3.44. The minimum absolute atomic E-state index is 0.123. The maximum absolute atomic E-state index is 12.5. The van der Waals surface area contributed by atoms with E-state index in [2.05, 4.69) is 20.0 Å². The van der Waals surface area contributed by atoms with Crippen LogP contribution >= 0.6 is 11.3 Å². The van der Waals surface area contributed by atoms with Crippen molar-refractivity contribution < 1.29 is 32.2 Å². The number of para-hydroxylation sites is 1. The summed E-state index contributed by atoms with van der Waals surface area (Å²) >= 11 is 1.09. The summed E-state index contributed by atoms with van der Waals surface area (Å²) in [6.07, 6.45) is -3.25. The SMILES string of the molecule is Cc1nc(-c2ccccn2)sc1C(=O)OCC(=O)NCc1ccccc1OC(F)(F)F. The smallest absolute Gasteiger partial charge is 0.451 e. The molecule has 0 aliphatic carbocycles. The summed E-state index contributed by atoms with van der Waals surface area (Å²) < 4.78 is 46.3. The van der Waals surface area contributed by atoms with Gasteiger partial charge < -0.3 is 14.8 Å². The molecule has 3 rings (SSSR count). The predicted octanol–water partition coefficient (Wildman–Crippen LogP) is 3.89. The average Bonchev–Trinajstić information content (AvgIpc) is 3.12. The van der Waals surface area contributed by atoms with Crippen LogP contribution in [-0.4, -0.2) is 34.8 Å². The molecular formula is C20H16F3N3O4S. The van der Waals surface area contributed by atoms with Crippen LogP contribution in [0, 0.1) is 6.92 Å². The molecule has 3 aromatic rings. The first-order chi connectivity index (χ1) is 14.7. The molecular weight excluding hydrogens is 435 g/mol. The lowest BCUT2D eigenvalue weighted by Crippen LogP contribution is -2.29. The molecule has 2 aromatic heterocycles. The zero-order chi connectivity index (χ0) is 22.4.